The minimum Gasteiger partial charge on any atom is -0.497 e. The van der Waals surface area contributed by atoms with Crippen LogP contribution in [0.2, 0.25) is 0 Å². The largest absolute Gasteiger partial charge is 0.497 e. The zero-order valence-electron chi connectivity index (χ0n) is 18.9. The van der Waals surface area contributed by atoms with Crippen molar-refractivity contribution in [1.29, 1.82) is 0 Å². The quantitative estimate of drug-likeness (QED) is 0.448. The molecule has 7 nitrogen and oxygen atoms in total. The van der Waals surface area contributed by atoms with Crippen LogP contribution in [-0.2, 0) is 4.79 Å². The number of benzene rings is 3. The van der Waals surface area contributed by atoms with Gasteiger partial charge in [0.15, 0.2) is 5.13 Å². The van der Waals surface area contributed by atoms with Gasteiger partial charge >= 0.3 is 0 Å². The van der Waals surface area contributed by atoms with E-state index in [1.807, 2.05) is 60.7 Å². The lowest BCUT2D eigenvalue weighted by molar-refractivity contribution is -0.119. The minimum atomic E-state index is -0.617. The number of methoxy groups -OCH3 is 2. The number of fused-ring (bicyclic) bond motifs is 2. The third kappa shape index (κ3) is 3.76. The third-order valence-electron chi connectivity index (χ3n) is 6.15. The Labute approximate surface area is 200 Å². The lowest BCUT2D eigenvalue weighted by atomic mass is 9.79. The van der Waals surface area contributed by atoms with Gasteiger partial charge in [0.05, 0.1) is 36.4 Å². The van der Waals surface area contributed by atoms with E-state index in [4.69, 9.17) is 9.47 Å². The molecule has 3 aromatic carbocycles. The van der Waals surface area contributed by atoms with E-state index < -0.39 is 12.0 Å². The van der Waals surface area contributed by atoms with Gasteiger partial charge < -0.3 is 19.7 Å². The predicted octanol–water partition coefficient (Wildman–Crippen LogP) is 4.86. The van der Waals surface area contributed by atoms with Crippen molar-refractivity contribution in [3.05, 3.63) is 83.4 Å². The fraction of sp³-hybridized carbons (Fsp3) is 0.192. The summed E-state index contributed by atoms with van der Waals surface area (Å²) in [5, 5.41) is 3.50. The predicted molar refractivity (Wildman–Crippen MR) is 132 cm³/mol. The standard InChI is InChI=1S/C26H23N3O4S/c1-29-23(15-8-10-16(32-2)11-9-15)22(18-6-4-5-7-19(18)25(29)31)24(30)28-26-27-20-13-12-17(33-3)14-21(20)34-26/h4-14,22-23H,1-3H3,(H,27,28,30)/t22-,23-/m0/s1. The Morgan fingerprint density at radius 3 is 2.44 bits per heavy atom. The van der Waals surface area contributed by atoms with Crippen molar-refractivity contribution in [2.45, 2.75) is 12.0 Å². The summed E-state index contributed by atoms with van der Waals surface area (Å²) >= 11 is 1.38. The number of hydrogen-bond acceptors (Lipinski definition) is 6. The molecule has 1 aromatic heterocycles. The summed E-state index contributed by atoms with van der Waals surface area (Å²) < 4.78 is 11.5. The zero-order chi connectivity index (χ0) is 23.8. The number of nitrogens with one attached hydrogen (secondary N) is 1. The highest BCUT2D eigenvalue weighted by Gasteiger charge is 2.42. The molecule has 172 valence electrons. The van der Waals surface area contributed by atoms with Crippen molar-refractivity contribution >= 4 is 38.5 Å². The molecule has 5 rings (SSSR count). The average Bonchev–Trinajstić information content (AvgIpc) is 3.27. The second-order valence-corrected chi connectivity index (χ2v) is 9.07. The summed E-state index contributed by atoms with van der Waals surface area (Å²) in [4.78, 5) is 33.1. The molecule has 0 spiro atoms. The molecule has 8 heteroatoms. The molecule has 0 aliphatic carbocycles. The SMILES string of the molecule is COc1ccc([C@H]2[C@@H](C(=O)Nc3nc4ccc(OC)cc4s3)c3ccccc3C(=O)N2C)cc1. The zero-order valence-corrected chi connectivity index (χ0v) is 19.8. The van der Waals surface area contributed by atoms with Crippen LogP contribution in [0.15, 0.2) is 66.7 Å². The Bertz CT molecular complexity index is 1380. The Kier molecular flexibility index (Phi) is 5.67. The maximum Gasteiger partial charge on any atom is 0.254 e. The lowest BCUT2D eigenvalue weighted by Gasteiger charge is -2.39. The molecule has 0 fully saturated rings. The number of ether oxygens (including phenoxy) is 2. The van der Waals surface area contributed by atoms with Crippen LogP contribution in [0.5, 0.6) is 11.5 Å². The maximum absolute atomic E-state index is 13.8. The molecular weight excluding hydrogens is 450 g/mol. The van der Waals surface area contributed by atoms with Crippen LogP contribution in [0.25, 0.3) is 10.2 Å². The Balaban J connectivity index is 1.55. The van der Waals surface area contributed by atoms with E-state index >= 15 is 0 Å². The molecule has 2 amide bonds. The number of carbonyl (C=O) groups excluding carboxylic acids is 2. The number of carbonyl (C=O) groups is 2. The molecule has 0 saturated heterocycles. The van der Waals surface area contributed by atoms with Crippen LogP contribution in [0, 0.1) is 0 Å². The number of likely N-dealkylation sites (N-methyl/N-ethyl adjacent to an activating group) is 1. The van der Waals surface area contributed by atoms with Crippen molar-refractivity contribution in [2.24, 2.45) is 0 Å². The first-order chi connectivity index (χ1) is 16.5. The van der Waals surface area contributed by atoms with Crippen LogP contribution in [0.1, 0.15) is 33.4 Å². The van der Waals surface area contributed by atoms with Gasteiger partial charge in [0.1, 0.15) is 11.5 Å². The highest BCUT2D eigenvalue weighted by Crippen LogP contribution is 2.43. The number of nitrogens with zero attached hydrogens (tertiary/aromatic N) is 2. The van der Waals surface area contributed by atoms with Gasteiger partial charge in [0, 0.05) is 12.6 Å². The van der Waals surface area contributed by atoms with Gasteiger partial charge in [-0.2, -0.15) is 0 Å². The Morgan fingerprint density at radius 2 is 1.71 bits per heavy atom. The van der Waals surface area contributed by atoms with E-state index in [0.717, 1.165) is 21.5 Å². The highest BCUT2D eigenvalue weighted by molar-refractivity contribution is 7.22. The normalized spacial score (nSPS) is 17.4. The van der Waals surface area contributed by atoms with Crippen LogP contribution < -0.4 is 14.8 Å². The Morgan fingerprint density at radius 1 is 1.00 bits per heavy atom. The van der Waals surface area contributed by atoms with Crippen LogP contribution >= 0.6 is 11.3 Å². The minimum absolute atomic E-state index is 0.118. The topological polar surface area (TPSA) is 80.8 Å². The lowest BCUT2D eigenvalue weighted by Crippen LogP contribution is -2.44. The molecular formula is C26H23N3O4S. The molecule has 0 radical (unpaired) electrons. The second-order valence-electron chi connectivity index (χ2n) is 8.04. The molecule has 4 aromatic rings. The second kappa shape index (κ2) is 8.79. The first kappa shape index (κ1) is 21.9. The van der Waals surface area contributed by atoms with E-state index in [9.17, 15) is 9.59 Å². The number of anilines is 1. The van der Waals surface area contributed by atoms with E-state index in [0.29, 0.717) is 22.0 Å². The summed E-state index contributed by atoms with van der Waals surface area (Å²) in [7, 11) is 4.95. The van der Waals surface area contributed by atoms with Gasteiger partial charge in [-0.05, 0) is 47.5 Å². The van der Waals surface area contributed by atoms with Gasteiger partial charge in [-0.1, -0.05) is 41.7 Å². The summed E-state index contributed by atoms with van der Waals surface area (Å²) in [5.74, 6) is 0.481. The first-order valence-corrected chi connectivity index (χ1v) is 11.6. The van der Waals surface area contributed by atoms with Gasteiger partial charge in [-0.3, -0.25) is 9.59 Å². The smallest absolute Gasteiger partial charge is 0.254 e. The van der Waals surface area contributed by atoms with Gasteiger partial charge in [0.2, 0.25) is 5.91 Å². The molecule has 2 heterocycles. The van der Waals surface area contributed by atoms with Gasteiger partial charge in [0.25, 0.3) is 5.91 Å². The fourth-order valence-corrected chi connectivity index (χ4v) is 5.34. The molecule has 0 saturated carbocycles. The fourth-order valence-electron chi connectivity index (χ4n) is 4.44. The summed E-state index contributed by atoms with van der Waals surface area (Å²) in [5.41, 5.74) is 2.86. The van der Waals surface area contributed by atoms with Crippen LogP contribution in [0.3, 0.4) is 0 Å². The van der Waals surface area contributed by atoms with Crippen LogP contribution in [0.4, 0.5) is 5.13 Å². The molecule has 0 bridgehead atoms. The monoisotopic (exact) mass is 473 g/mol. The third-order valence-corrected chi connectivity index (χ3v) is 7.08. The van der Waals surface area contributed by atoms with Gasteiger partial charge in [-0.25, -0.2) is 4.98 Å². The highest BCUT2D eigenvalue weighted by atomic mass is 32.1. The van der Waals surface area contributed by atoms with E-state index in [1.165, 1.54) is 11.3 Å². The molecule has 1 N–H and O–H groups in total. The summed E-state index contributed by atoms with van der Waals surface area (Å²) in [6.07, 6.45) is 0. The molecule has 1 aliphatic heterocycles. The molecule has 0 unspecified atom stereocenters. The van der Waals surface area contributed by atoms with Crippen molar-refractivity contribution < 1.29 is 19.1 Å². The van der Waals surface area contributed by atoms with Crippen molar-refractivity contribution in [1.82, 2.24) is 9.88 Å². The van der Waals surface area contributed by atoms with Crippen molar-refractivity contribution in [2.75, 3.05) is 26.6 Å². The van der Waals surface area contributed by atoms with E-state index in [-0.39, 0.29) is 11.8 Å². The van der Waals surface area contributed by atoms with E-state index in [2.05, 4.69) is 10.3 Å². The summed E-state index contributed by atoms with van der Waals surface area (Å²) in [6, 6.07) is 19.9. The number of amides is 2. The number of thiazole rings is 1. The van der Waals surface area contributed by atoms with Crippen molar-refractivity contribution in [3.8, 4) is 11.5 Å². The average molecular weight is 474 g/mol. The Hall–Kier alpha value is -3.91. The molecule has 34 heavy (non-hydrogen) atoms. The number of aromatic nitrogens is 1. The number of hydrogen-bond donors (Lipinski definition) is 1. The molecule has 1 aliphatic rings. The van der Waals surface area contributed by atoms with Gasteiger partial charge in [-0.15, -0.1) is 0 Å². The maximum atomic E-state index is 13.8. The first-order valence-electron chi connectivity index (χ1n) is 10.8. The van der Waals surface area contributed by atoms with E-state index in [1.54, 1.807) is 32.2 Å². The molecule has 2 atom stereocenters. The summed E-state index contributed by atoms with van der Waals surface area (Å²) in [6.45, 7) is 0. The van der Waals surface area contributed by atoms with Crippen LogP contribution in [-0.4, -0.2) is 43.0 Å². The van der Waals surface area contributed by atoms with Crippen molar-refractivity contribution in [3.63, 3.8) is 0 Å². The number of rotatable bonds is 5.